The van der Waals surface area contributed by atoms with Crippen molar-refractivity contribution in [2.24, 2.45) is 11.3 Å². The first-order valence-electron chi connectivity index (χ1n) is 6.11. The molecule has 1 fully saturated rings. The molecule has 0 bridgehead atoms. The van der Waals surface area contributed by atoms with Crippen molar-refractivity contribution in [1.82, 2.24) is 0 Å². The molecule has 84 valence electrons. The lowest BCUT2D eigenvalue weighted by Gasteiger charge is -2.22. The van der Waals surface area contributed by atoms with E-state index in [0.717, 1.165) is 5.92 Å². The third-order valence-electron chi connectivity index (χ3n) is 3.27. The highest BCUT2D eigenvalue weighted by Crippen LogP contribution is 2.32. The van der Waals surface area contributed by atoms with E-state index in [9.17, 15) is 0 Å². The summed E-state index contributed by atoms with van der Waals surface area (Å²) < 4.78 is 0. The molecule has 0 saturated heterocycles. The van der Waals surface area contributed by atoms with Gasteiger partial charge in [0.15, 0.2) is 0 Å². The minimum atomic E-state index is 0.461. The van der Waals surface area contributed by atoms with E-state index < -0.39 is 0 Å². The van der Waals surface area contributed by atoms with Gasteiger partial charge >= 0.3 is 0 Å². The van der Waals surface area contributed by atoms with Crippen LogP contribution in [0.1, 0.15) is 65.7 Å². The van der Waals surface area contributed by atoms with E-state index in [1.807, 2.05) is 0 Å². The van der Waals surface area contributed by atoms with Crippen LogP contribution in [0, 0.1) is 11.3 Å². The Morgan fingerprint density at radius 2 is 1.79 bits per heavy atom. The maximum Gasteiger partial charge on any atom is 0.0338 e. The van der Waals surface area contributed by atoms with Gasteiger partial charge in [0.2, 0.25) is 0 Å². The summed E-state index contributed by atoms with van der Waals surface area (Å²) in [5, 5.41) is 0.461. The molecule has 0 amide bonds. The molecule has 0 aromatic heterocycles. The topological polar surface area (TPSA) is 0 Å². The lowest BCUT2D eigenvalue weighted by molar-refractivity contribution is 0.306. The first-order valence-corrected chi connectivity index (χ1v) is 6.55. The lowest BCUT2D eigenvalue weighted by atomic mass is 9.84. The largest absolute Gasteiger partial charge is 0.123 e. The van der Waals surface area contributed by atoms with E-state index in [4.69, 9.17) is 11.6 Å². The summed E-state index contributed by atoms with van der Waals surface area (Å²) in [4.78, 5) is 0. The molecule has 1 saturated carbocycles. The highest BCUT2D eigenvalue weighted by atomic mass is 35.5. The lowest BCUT2D eigenvalue weighted by Crippen LogP contribution is -2.11. The zero-order chi connectivity index (χ0) is 10.6. The third kappa shape index (κ3) is 5.24. The first kappa shape index (κ1) is 12.4. The normalized spacial score (nSPS) is 30.0. The van der Waals surface area contributed by atoms with Gasteiger partial charge in [-0.3, -0.25) is 0 Å². The van der Waals surface area contributed by atoms with Crippen LogP contribution in [0.5, 0.6) is 0 Å². The second kappa shape index (κ2) is 5.39. The van der Waals surface area contributed by atoms with Crippen LogP contribution in [0.2, 0.25) is 0 Å². The Kier molecular flexibility index (Phi) is 4.76. The summed E-state index contributed by atoms with van der Waals surface area (Å²) >= 11 is 6.27. The maximum absolute atomic E-state index is 6.27. The molecule has 14 heavy (non-hydrogen) atoms. The molecule has 0 radical (unpaired) electrons. The van der Waals surface area contributed by atoms with Crippen molar-refractivity contribution >= 4 is 11.6 Å². The van der Waals surface area contributed by atoms with Crippen molar-refractivity contribution in [3.8, 4) is 0 Å². The van der Waals surface area contributed by atoms with Crippen molar-refractivity contribution in [3.05, 3.63) is 0 Å². The van der Waals surface area contributed by atoms with Crippen LogP contribution in [-0.2, 0) is 0 Å². The first-order chi connectivity index (χ1) is 6.47. The Hall–Kier alpha value is 0.290. The average molecular weight is 217 g/mol. The number of halogens is 1. The third-order valence-corrected chi connectivity index (χ3v) is 3.67. The highest BCUT2D eigenvalue weighted by molar-refractivity contribution is 6.20. The van der Waals surface area contributed by atoms with Crippen molar-refractivity contribution in [1.29, 1.82) is 0 Å². The second-order valence-corrected chi connectivity index (χ2v) is 6.70. The number of alkyl halides is 1. The number of hydrogen-bond acceptors (Lipinski definition) is 0. The summed E-state index contributed by atoms with van der Waals surface area (Å²) in [7, 11) is 0. The monoisotopic (exact) mass is 216 g/mol. The van der Waals surface area contributed by atoms with E-state index in [2.05, 4.69) is 20.8 Å². The van der Waals surface area contributed by atoms with Crippen LogP contribution in [0.25, 0.3) is 0 Å². The van der Waals surface area contributed by atoms with E-state index in [1.165, 1.54) is 44.9 Å². The molecular weight excluding hydrogens is 192 g/mol. The zero-order valence-electron chi connectivity index (χ0n) is 9.98. The summed E-state index contributed by atoms with van der Waals surface area (Å²) in [6, 6.07) is 0. The van der Waals surface area contributed by atoms with Crippen LogP contribution >= 0.6 is 11.6 Å². The number of rotatable bonds is 2. The minimum Gasteiger partial charge on any atom is -0.123 e. The van der Waals surface area contributed by atoms with Crippen LogP contribution in [-0.4, -0.2) is 5.38 Å². The molecule has 0 N–H and O–H groups in total. The van der Waals surface area contributed by atoms with Crippen molar-refractivity contribution in [3.63, 3.8) is 0 Å². The van der Waals surface area contributed by atoms with Crippen LogP contribution in [0.4, 0.5) is 0 Å². The van der Waals surface area contributed by atoms with Gasteiger partial charge in [-0.15, -0.1) is 11.6 Å². The van der Waals surface area contributed by atoms with Gasteiger partial charge < -0.3 is 0 Å². The Labute approximate surface area is 94.4 Å². The molecule has 0 aliphatic heterocycles. The van der Waals surface area contributed by atoms with E-state index in [-0.39, 0.29) is 0 Å². The van der Waals surface area contributed by atoms with Gasteiger partial charge in [0.05, 0.1) is 0 Å². The van der Waals surface area contributed by atoms with Crippen LogP contribution in [0.3, 0.4) is 0 Å². The van der Waals surface area contributed by atoms with Crippen molar-refractivity contribution in [2.45, 2.75) is 71.1 Å². The highest BCUT2D eigenvalue weighted by Gasteiger charge is 2.20. The van der Waals surface area contributed by atoms with Crippen LogP contribution in [0.15, 0.2) is 0 Å². The molecule has 2 atom stereocenters. The predicted molar refractivity (Wildman–Crippen MR) is 64.9 cm³/mol. The van der Waals surface area contributed by atoms with Gasteiger partial charge in [0.1, 0.15) is 0 Å². The van der Waals surface area contributed by atoms with Gasteiger partial charge in [-0.2, -0.15) is 0 Å². The van der Waals surface area contributed by atoms with Crippen molar-refractivity contribution < 1.29 is 0 Å². The molecule has 0 aromatic rings. The molecule has 1 aliphatic rings. The van der Waals surface area contributed by atoms with E-state index in [1.54, 1.807) is 0 Å². The number of hydrogen-bond donors (Lipinski definition) is 0. The van der Waals surface area contributed by atoms with E-state index in [0.29, 0.717) is 10.8 Å². The summed E-state index contributed by atoms with van der Waals surface area (Å²) in [5.74, 6) is 0.902. The molecule has 0 aromatic carbocycles. The van der Waals surface area contributed by atoms with Crippen LogP contribution < -0.4 is 0 Å². The molecule has 1 heteroatoms. The molecule has 0 nitrogen and oxygen atoms in total. The van der Waals surface area contributed by atoms with Gasteiger partial charge in [0.25, 0.3) is 0 Å². The van der Waals surface area contributed by atoms with Gasteiger partial charge in [-0.05, 0) is 37.0 Å². The minimum absolute atomic E-state index is 0.461. The molecule has 1 rings (SSSR count). The van der Waals surface area contributed by atoms with Gasteiger partial charge in [0, 0.05) is 5.38 Å². The van der Waals surface area contributed by atoms with E-state index >= 15 is 0 Å². The van der Waals surface area contributed by atoms with Gasteiger partial charge in [-0.25, -0.2) is 0 Å². The maximum atomic E-state index is 6.27. The summed E-state index contributed by atoms with van der Waals surface area (Å²) in [6.45, 7) is 7.01. The fourth-order valence-electron chi connectivity index (χ4n) is 2.30. The molecule has 0 spiro atoms. The second-order valence-electron chi connectivity index (χ2n) is 6.08. The average Bonchev–Trinajstić information content (AvgIpc) is 2.25. The SMILES string of the molecule is CC(C)(C)CCC1CCCCC(Cl)C1. The Morgan fingerprint density at radius 3 is 2.43 bits per heavy atom. The summed E-state index contributed by atoms with van der Waals surface area (Å²) in [6.07, 6.45) is 9.40. The zero-order valence-corrected chi connectivity index (χ0v) is 10.7. The summed E-state index contributed by atoms with van der Waals surface area (Å²) in [5.41, 5.74) is 0.494. The smallest absolute Gasteiger partial charge is 0.0338 e. The molecule has 2 unspecified atom stereocenters. The van der Waals surface area contributed by atoms with Crippen molar-refractivity contribution in [2.75, 3.05) is 0 Å². The Bertz CT molecular complexity index is 157. The predicted octanol–water partition coefficient (Wildman–Crippen LogP) is 5.00. The fraction of sp³-hybridized carbons (Fsp3) is 1.00. The van der Waals surface area contributed by atoms with Gasteiger partial charge in [-0.1, -0.05) is 40.0 Å². The molecule has 0 heterocycles. The molecule has 1 aliphatic carbocycles. The Balaban J connectivity index is 2.28. The molecular formula is C13H25Cl. The quantitative estimate of drug-likeness (QED) is 0.450. The fourth-order valence-corrected chi connectivity index (χ4v) is 2.70. The standard InChI is InChI=1S/C13H25Cl/c1-13(2,3)9-8-11-6-4-5-7-12(14)10-11/h11-12H,4-10H2,1-3H3. The Morgan fingerprint density at radius 1 is 1.14 bits per heavy atom.